The first-order valence-corrected chi connectivity index (χ1v) is 6.86. The van der Waals surface area contributed by atoms with Crippen molar-refractivity contribution in [3.8, 4) is 0 Å². The summed E-state index contributed by atoms with van der Waals surface area (Å²) in [5.74, 6) is -0.465. The molecule has 1 aliphatic carbocycles. The van der Waals surface area contributed by atoms with Gasteiger partial charge in [-0.2, -0.15) is 0 Å². The zero-order valence-corrected chi connectivity index (χ0v) is 12.6. The number of carbonyl (C=O) groups excluding carboxylic acids is 1. The van der Waals surface area contributed by atoms with Gasteiger partial charge in [-0.05, 0) is 31.1 Å². The van der Waals surface area contributed by atoms with E-state index in [1.807, 2.05) is 6.92 Å². The fraction of sp³-hybridized carbons (Fsp3) is 0.857. The third kappa shape index (κ3) is 4.73. The van der Waals surface area contributed by atoms with Crippen LogP contribution < -0.4 is 0 Å². The van der Waals surface area contributed by atoms with Gasteiger partial charge in [0.05, 0.1) is 0 Å². The fourth-order valence-corrected chi connectivity index (χ4v) is 1.96. The molecular weight excluding hydrogens is 244 g/mol. The van der Waals surface area contributed by atoms with E-state index in [1.54, 1.807) is 11.9 Å². The highest BCUT2D eigenvalue weighted by molar-refractivity contribution is 5.80. The standard InChI is InChI=1S/C14H26N2O3/c1-10(14(2,3)4)15(5)13(19)16(9-12(17)18)8-11-6-7-11/h10-11H,6-9H2,1-5H3,(H,17,18). The molecule has 0 bridgehead atoms. The van der Waals surface area contributed by atoms with E-state index in [1.165, 1.54) is 4.90 Å². The molecule has 0 aromatic rings. The van der Waals surface area contributed by atoms with Gasteiger partial charge >= 0.3 is 12.0 Å². The largest absolute Gasteiger partial charge is 0.480 e. The minimum atomic E-state index is -0.953. The lowest BCUT2D eigenvalue weighted by Crippen LogP contribution is -2.51. The van der Waals surface area contributed by atoms with Gasteiger partial charge in [-0.1, -0.05) is 20.8 Å². The van der Waals surface area contributed by atoms with Crippen LogP contribution in [0.25, 0.3) is 0 Å². The summed E-state index contributed by atoms with van der Waals surface area (Å²) in [7, 11) is 1.75. The van der Waals surface area contributed by atoms with Crippen molar-refractivity contribution in [1.82, 2.24) is 9.80 Å². The third-order valence-electron chi connectivity index (χ3n) is 3.91. The van der Waals surface area contributed by atoms with Crippen LogP contribution in [-0.2, 0) is 4.79 Å². The smallest absolute Gasteiger partial charge is 0.323 e. The number of hydrogen-bond acceptors (Lipinski definition) is 2. The van der Waals surface area contributed by atoms with E-state index < -0.39 is 5.97 Å². The molecule has 0 saturated heterocycles. The zero-order valence-electron chi connectivity index (χ0n) is 12.6. The lowest BCUT2D eigenvalue weighted by molar-refractivity contribution is -0.137. The van der Waals surface area contributed by atoms with Crippen LogP contribution >= 0.6 is 0 Å². The summed E-state index contributed by atoms with van der Waals surface area (Å²) in [6.07, 6.45) is 2.20. The normalized spacial score (nSPS) is 16.9. The number of carbonyl (C=O) groups is 2. The van der Waals surface area contributed by atoms with Crippen LogP contribution in [0.5, 0.6) is 0 Å². The molecule has 0 radical (unpaired) electrons. The minimum Gasteiger partial charge on any atom is -0.480 e. The van der Waals surface area contributed by atoms with Gasteiger partial charge in [0, 0.05) is 19.6 Å². The maximum Gasteiger partial charge on any atom is 0.323 e. The van der Waals surface area contributed by atoms with E-state index in [0.717, 1.165) is 12.8 Å². The van der Waals surface area contributed by atoms with E-state index in [0.29, 0.717) is 12.5 Å². The molecule has 5 heteroatoms. The fourth-order valence-electron chi connectivity index (χ4n) is 1.96. The Morgan fingerprint density at radius 1 is 1.32 bits per heavy atom. The Labute approximate surface area is 115 Å². The quantitative estimate of drug-likeness (QED) is 0.833. The van der Waals surface area contributed by atoms with Gasteiger partial charge in [0.15, 0.2) is 0 Å². The number of carboxylic acid groups (broad SMARTS) is 1. The van der Waals surface area contributed by atoms with E-state index in [9.17, 15) is 9.59 Å². The van der Waals surface area contributed by atoms with Crippen LogP contribution in [-0.4, -0.2) is 53.1 Å². The lowest BCUT2D eigenvalue weighted by atomic mass is 9.87. The molecule has 0 aliphatic heterocycles. The molecule has 5 nitrogen and oxygen atoms in total. The molecule has 1 N–H and O–H groups in total. The summed E-state index contributed by atoms with van der Waals surface area (Å²) in [4.78, 5) is 26.4. The van der Waals surface area contributed by atoms with Crippen molar-refractivity contribution in [2.75, 3.05) is 20.1 Å². The second-order valence-corrected chi connectivity index (χ2v) is 6.65. The van der Waals surface area contributed by atoms with E-state index >= 15 is 0 Å². The summed E-state index contributed by atoms with van der Waals surface area (Å²) >= 11 is 0. The highest BCUT2D eigenvalue weighted by atomic mass is 16.4. The van der Waals surface area contributed by atoms with Crippen molar-refractivity contribution < 1.29 is 14.7 Å². The van der Waals surface area contributed by atoms with Crippen LogP contribution in [0.15, 0.2) is 0 Å². The van der Waals surface area contributed by atoms with Crippen molar-refractivity contribution >= 4 is 12.0 Å². The Morgan fingerprint density at radius 3 is 2.21 bits per heavy atom. The van der Waals surface area contributed by atoms with Crippen molar-refractivity contribution in [2.24, 2.45) is 11.3 Å². The predicted octanol–water partition coefficient (Wildman–Crippen LogP) is 2.27. The lowest BCUT2D eigenvalue weighted by Gasteiger charge is -2.38. The minimum absolute atomic E-state index is 0.0289. The molecule has 0 aromatic heterocycles. The first kappa shape index (κ1) is 15.8. The first-order valence-electron chi connectivity index (χ1n) is 6.86. The average Bonchev–Trinajstić information content (AvgIpc) is 3.07. The Kier molecular flexibility index (Phi) is 4.82. The van der Waals surface area contributed by atoms with Crippen LogP contribution in [0.4, 0.5) is 4.79 Å². The Hall–Kier alpha value is -1.26. The maximum atomic E-state index is 12.4. The molecule has 1 rings (SSSR count). The third-order valence-corrected chi connectivity index (χ3v) is 3.91. The number of urea groups is 1. The predicted molar refractivity (Wildman–Crippen MR) is 74.0 cm³/mol. The molecule has 110 valence electrons. The molecule has 0 spiro atoms. The molecule has 1 aliphatic rings. The Balaban J connectivity index is 2.70. The van der Waals surface area contributed by atoms with Crippen molar-refractivity contribution in [1.29, 1.82) is 0 Å². The molecule has 1 saturated carbocycles. The number of nitrogens with zero attached hydrogens (tertiary/aromatic N) is 2. The van der Waals surface area contributed by atoms with Gasteiger partial charge in [0.1, 0.15) is 6.54 Å². The van der Waals surface area contributed by atoms with Crippen LogP contribution in [0.1, 0.15) is 40.5 Å². The number of carboxylic acids is 1. The summed E-state index contributed by atoms with van der Waals surface area (Å²) in [6.45, 7) is 8.56. The van der Waals surface area contributed by atoms with E-state index in [-0.39, 0.29) is 24.0 Å². The first-order chi connectivity index (χ1) is 8.62. The molecule has 19 heavy (non-hydrogen) atoms. The SMILES string of the molecule is CC(N(C)C(=O)N(CC(=O)O)CC1CC1)C(C)(C)C. The number of rotatable bonds is 5. The molecule has 1 atom stereocenters. The zero-order chi connectivity index (χ0) is 14.8. The summed E-state index contributed by atoms with van der Waals surface area (Å²) < 4.78 is 0. The molecule has 1 unspecified atom stereocenters. The summed E-state index contributed by atoms with van der Waals surface area (Å²) in [5.41, 5.74) is -0.0289. The molecule has 1 fully saturated rings. The molecule has 2 amide bonds. The van der Waals surface area contributed by atoms with Gasteiger partial charge in [-0.25, -0.2) is 4.79 Å². The van der Waals surface area contributed by atoms with E-state index in [4.69, 9.17) is 5.11 Å². The monoisotopic (exact) mass is 270 g/mol. The van der Waals surface area contributed by atoms with Gasteiger partial charge in [-0.15, -0.1) is 0 Å². The Morgan fingerprint density at radius 2 is 1.84 bits per heavy atom. The molecule has 0 aromatic carbocycles. The molecular formula is C14H26N2O3. The highest BCUT2D eigenvalue weighted by Crippen LogP contribution is 2.30. The van der Waals surface area contributed by atoms with Gasteiger partial charge < -0.3 is 14.9 Å². The van der Waals surface area contributed by atoms with Gasteiger partial charge in [-0.3, -0.25) is 4.79 Å². The average molecular weight is 270 g/mol. The number of aliphatic carboxylic acids is 1. The van der Waals surface area contributed by atoms with Crippen molar-refractivity contribution in [3.63, 3.8) is 0 Å². The number of amides is 2. The second-order valence-electron chi connectivity index (χ2n) is 6.65. The molecule has 0 heterocycles. The summed E-state index contributed by atoms with van der Waals surface area (Å²) in [6, 6.07) is -0.132. The van der Waals surface area contributed by atoms with Gasteiger partial charge in [0.25, 0.3) is 0 Å². The maximum absolute atomic E-state index is 12.4. The van der Waals surface area contributed by atoms with Crippen molar-refractivity contribution in [3.05, 3.63) is 0 Å². The summed E-state index contributed by atoms with van der Waals surface area (Å²) in [5, 5.41) is 8.93. The second kappa shape index (κ2) is 5.80. The topological polar surface area (TPSA) is 60.9 Å². The van der Waals surface area contributed by atoms with Crippen molar-refractivity contribution in [2.45, 2.75) is 46.6 Å². The Bertz CT molecular complexity index is 345. The van der Waals surface area contributed by atoms with E-state index in [2.05, 4.69) is 20.8 Å². The van der Waals surface area contributed by atoms with Crippen LogP contribution in [0, 0.1) is 11.3 Å². The number of hydrogen-bond donors (Lipinski definition) is 1. The van der Waals surface area contributed by atoms with Crippen LogP contribution in [0.3, 0.4) is 0 Å². The highest BCUT2D eigenvalue weighted by Gasteiger charge is 2.33. The van der Waals surface area contributed by atoms with Gasteiger partial charge in [0.2, 0.25) is 0 Å². The van der Waals surface area contributed by atoms with Crippen LogP contribution in [0.2, 0.25) is 0 Å².